The molecule has 0 saturated carbocycles. The van der Waals surface area contributed by atoms with E-state index in [1.165, 1.54) is 7.11 Å². The Morgan fingerprint density at radius 3 is 1.82 bits per heavy atom. The average molecular weight is 314 g/mol. The standard InChI is InChI=1S/C8H15NO2.C7H15N.CO2/c1-8(2,3)9-5-6(9)7(10)11-4;1-6-8(5)7(2,3)4;2-1-3/h6H,5H2,1-4H3;6H,5H2,1-4H3;. The summed E-state index contributed by atoms with van der Waals surface area (Å²) in [6, 6.07) is 0.0139. The summed E-state index contributed by atoms with van der Waals surface area (Å²) in [5.74, 6) is -0.111. The molecule has 2 unspecified atom stereocenters. The third-order valence-electron chi connectivity index (χ3n) is 3.12. The first-order valence-electron chi connectivity index (χ1n) is 7.10. The van der Waals surface area contributed by atoms with Gasteiger partial charge < -0.3 is 9.31 Å². The van der Waals surface area contributed by atoms with E-state index in [-0.39, 0.29) is 29.2 Å². The van der Waals surface area contributed by atoms with E-state index in [1.807, 2.05) is 18.0 Å². The van der Waals surface area contributed by atoms with Crippen molar-refractivity contribution in [1.82, 2.24) is 4.90 Å². The molecule has 0 bridgehead atoms. The molecule has 0 N–H and O–H groups in total. The number of carbonyl (C=O) groups excluding carboxylic acids is 3. The molecular weight excluding hydrogens is 284 g/mol. The van der Waals surface area contributed by atoms with E-state index in [1.54, 1.807) is 0 Å². The van der Waals surface area contributed by atoms with Crippen LogP contribution >= 0.6 is 0 Å². The molecule has 1 rings (SSSR count). The van der Waals surface area contributed by atoms with Crippen LogP contribution in [0.2, 0.25) is 0 Å². The van der Waals surface area contributed by atoms with Gasteiger partial charge in [0, 0.05) is 18.6 Å². The molecule has 1 aliphatic rings. The molecule has 1 aliphatic heterocycles. The van der Waals surface area contributed by atoms with E-state index in [9.17, 15) is 4.79 Å². The summed E-state index contributed by atoms with van der Waals surface area (Å²) < 4.78 is 6.56. The third-order valence-corrected chi connectivity index (χ3v) is 3.12. The topological polar surface area (TPSA) is 66.5 Å². The molecular formula is C16H30N2O4. The second-order valence-electron chi connectivity index (χ2n) is 6.84. The Morgan fingerprint density at radius 2 is 1.68 bits per heavy atom. The fourth-order valence-corrected chi connectivity index (χ4v) is 1.61. The van der Waals surface area contributed by atoms with E-state index >= 15 is 0 Å². The molecule has 0 amide bonds. The lowest BCUT2D eigenvalue weighted by molar-refractivity contribution is -0.551. The number of hydrogen-bond acceptors (Lipinski definition) is 5. The third kappa shape index (κ3) is 9.32. The first kappa shape index (κ1) is 22.6. The van der Waals surface area contributed by atoms with Crippen LogP contribution in [0.15, 0.2) is 0 Å². The zero-order valence-electron chi connectivity index (χ0n) is 15.1. The Kier molecular flexibility index (Phi) is 9.65. The maximum Gasteiger partial charge on any atom is 0.373 e. The van der Waals surface area contributed by atoms with Crippen molar-refractivity contribution in [2.75, 3.05) is 13.7 Å². The van der Waals surface area contributed by atoms with Crippen LogP contribution in [0.5, 0.6) is 0 Å². The lowest BCUT2D eigenvalue weighted by Gasteiger charge is -2.20. The van der Waals surface area contributed by atoms with Gasteiger partial charge in [-0.25, -0.2) is 0 Å². The first-order valence-corrected chi connectivity index (χ1v) is 7.10. The molecule has 6 heteroatoms. The summed E-state index contributed by atoms with van der Waals surface area (Å²) >= 11 is 0. The number of esters is 1. The van der Waals surface area contributed by atoms with E-state index in [4.69, 9.17) is 9.59 Å². The zero-order chi connectivity index (χ0) is 18.1. The number of ether oxygens (including phenoxy) is 1. The van der Waals surface area contributed by atoms with Gasteiger partial charge in [-0.3, -0.25) is 9.69 Å². The van der Waals surface area contributed by atoms with Crippen molar-refractivity contribution < 1.29 is 23.7 Å². The van der Waals surface area contributed by atoms with Crippen molar-refractivity contribution in [3.8, 4) is 0 Å². The van der Waals surface area contributed by atoms with Crippen molar-refractivity contribution in [3.63, 3.8) is 0 Å². The van der Waals surface area contributed by atoms with Crippen molar-refractivity contribution in [3.05, 3.63) is 6.54 Å². The summed E-state index contributed by atoms with van der Waals surface area (Å²) in [5, 5.41) is 0. The van der Waals surface area contributed by atoms with Gasteiger partial charge in [0.05, 0.1) is 7.11 Å². The van der Waals surface area contributed by atoms with Crippen molar-refractivity contribution in [2.45, 2.75) is 65.6 Å². The quantitative estimate of drug-likeness (QED) is 0.255. The van der Waals surface area contributed by atoms with Gasteiger partial charge >= 0.3 is 12.1 Å². The SMILES string of the molecule is C=[N+]([CH-]C)C(C)(C)C.COC(=O)C1CN1C(C)(C)C.O=C=O. The molecule has 0 spiro atoms. The lowest BCUT2D eigenvalue weighted by Crippen LogP contribution is -2.30. The van der Waals surface area contributed by atoms with Gasteiger partial charge in [0.15, 0.2) is 0 Å². The van der Waals surface area contributed by atoms with Crippen LogP contribution in [0, 0.1) is 6.54 Å². The molecule has 128 valence electrons. The molecule has 2 atom stereocenters. The fourth-order valence-electron chi connectivity index (χ4n) is 1.61. The molecule has 0 aromatic carbocycles. The number of methoxy groups -OCH3 is 1. The molecule has 22 heavy (non-hydrogen) atoms. The predicted molar refractivity (Wildman–Crippen MR) is 84.4 cm³/mol. The Morgan fingerprint density at radius 1 is 1.27 bits per heavy atom. The van der Waals surface area contributed by atoms with Gasteiger partial charge in [0.2, 0.25) is 0 Å². The Bertz CT molecular complexity index is 399. The van der Waals surface area contributed by atoms with Gasteiger partial charge in [0.25, 0.3) is 0 Å². The van der Waals surface area contributed by atoms with Gasteiger partial charge in [-0.2, -0.15) is 9.59 Å². The summed E-state index contributed by atoms with van der Waals surface area (Å²) in [5.41, 5.74) is 0.271. The number of nitrogens with zero attached hydrogens (tertiary/aromatic N) is 2. The highest BCUT2D eigenvalue weighted by molar-refractivity contribution is 5.79. The maximum absolute atomic E-state index is 11.0. The second-order valence-corrected chi connectivity index (χ2v) is 6.84. The Hall–Kier alpha value is -1.65. The van der Waals surface area contributed by atoms with Crippen LogP contribution in [0.4, 0.5) is 0 Å². The molecule has 1 fully saturated rings. The summed E-state index contributed by atoms with van der Waals surface area (Å²) in [6.45, 7) is 21.3. The van der Waals surface area contributed by atoms with Crippen LogP contribution in [0.1, 0.15) is 48.5 Å². The first-order chi connectivity index (χ1) is 9.86. The molecule has 0 aromatic rings. The van der Waals surface area contributed by atoms with Crippen LogP contribution in [0.3, 0.4) is 0 Å². The minimum atomic E-state index is -0.111. The minimum absolute atomic E-state index is 0.0139. The summed E-state index contributed by atoms with van der Waals surface area (Å²) in [7, 11) is 1.43. The predicted octanol–water partition coefficient (Wildman–Crippen LogP) is 1.74. The highest BCUT2D eigenvalue weighted by atomic mass is 16.5. The molecule has 0 aromatic heterocycles. The molecule has 1 saturated heterocycles. The van der Waals surface area contributed by atoms with E-state index < -0.39 is 0 Å². The van der Waals surface area contributed by atoms with E-state index in [0.29, 0.717) is 0 Å². The number of carbonyl (C=O) groups is 1. The largest absolute Gasteiger partial charge is 0.468 e. The lowest BCUT2D eigenvalue weighted by atomic mass is 10.1. The highest BCUT2D eigenvalue weighted by Crippen LogP contribution is 2.29. The normalized spacial score (nSPS) is 19.3. The van der Waals surface area contributed by atoms with Crippen molar-refractivity contribution in [2.24, 2.45) is 0 Å². The van der Waals surface area contributed by atoms with Gasteiger partial charge in [-0.05, 0) is 48.3 Å². The van der Waals surface area contributed by atoms with Crippen LogP contribution in [-0.4, -0.2) is 59.1 Å². The van der Waals surface area contributed by atoms with Crippen molar-refractivity contribution in [1.29, 1.82) is 0 Å². The van der Waals surface area contributed by atoms with Crippen LogP contribution in [0.25, 0.3) is 0 Å². The van der Waals surface area contributed by atoms with Crippen molar-refractivity contribution >= 4 is 18.8 Å². The average Bonchev–Trinajstić information content (AvgIpc) is 3.17. The smallest absolute Gasteiger partial charge is 0.373 e. The Balaban J connectivity index is 0. The summed E-state index contributed by atoms with van der Waals surface area (Å²) in [4.78, 5) is 29.3. The van der Waals surface area contributed by atoms with Gasteiger partial charge in [-0.1, -0.05) is 6.92 Å². The summed E-state index contributed by atoms with van der Waals surface area (Å²) in [6.07, 6.45) is 0.250. The Labute approximate surface area is 134 Å². The van der Waals surface area contributed by atoms with E-state index in [2.05, 4.69) is 57.9 Å². The minimum Gasteiger partial charge on any atom is -0.468 e. The van der Waals surface area contributed by atoms with Gasteiger partial charge in [-0.15, -0.1) is 0 Å². The highest BCUT2D eigenvalue weighted by Gasteiger charge is 2.47. The zero-order valence-corrected chi connectivity index (χ0v) is 15.1. The number of rotatable bonds is 2. The molecule has 0 aliphatic carbocycles. The molecule has 0 radical (unpaired) electrons. The molecule has 6 nitrogen and oxygen atoms in total. The van der Waals surface area contributed by atoms with Crippen LogP contribution < -0.4 is 0 Å². The monoisotopic (exact) mass is 314 g/mol. The second kappa shape index (κ2) is 9.38. The van der Waals surface area contributed by atoms with Gasteiger partial charge in [0.1, 0.15) is 11.6 Å². The van der Waals surface area contributed by atoms with Crippen LogP contribution in [-0.2, 0) is 19.1 Å². The maximum atomic E-state index is 11.0. The van der Waals surface area contributed by atoms with E-state index in [0.717, 1.165) is 6.54 Å². The number of hydrogen-bond donors (Lipinski definition) is 0. The fraction of sp³-hybridized carbons (Fsp3) is 0.750. The molecule has 1 heterocycles.